The van der Waals surface area contributed by atoms with E-state index in [-0.39, 0.29) is 30.8 Å². The van der Waals surface area contributed by atoms with E-state index >= 15 is 0 Å². The van der Waals surface area contributed by atoms with Gasteiger partial charge in [-0.05, 0) is 46.6 Å². The first-order valence-corrected chi connectivity index (χ1v) is 9.90. The first-order chi connectivity index (χ1) is 13.7. The Morgan fingerprint density at radius 1 is 1.14 bits per heavy atom. The van der Waals surface area contributed by atoms with E-state index in [0.29, 0.717) is 5.95 Å². The summed E-state index contributed by atoms with van der Waals surface area (Å²) in [4.78, 5) is 34.6. The number of hydrogen-bond donors (Lipinski definition) is 2. The van der Waals surface area contributed by atoms with Crippen LogP contribution in [0.2, 0.25) is 0 Å². The van der Waals surface area contributed by atoms with Crippen molar-refractivity contribution in [3.05, 3.63) is 34.4 Å². The van der Waals surface area contributed by atoms with E-state index in [4.69, 9.17) is 5.73 Å². The molecule has 2 amide bonds. The fraction of sp³-hybridized carbons (Fsp3) is 0.550. The molecule has 156 valence electrons. The quantitative estimate of drug-likeness (QED) is 0.730. The van der Waals surface area contributed by atoms with Crippen LogP contribution in [0.3, 0.4) is 0 Å². The van der Waals surface area contributed by atoms with Crippen LogP contribution in [0.4, 0.5) is 0 Å². The Bertz CT molecular complexity index is 894. The normalized spacial score (nSPS) is 15.4. The van der Waals surface area contributed by atoms with Crippen molar-refractivity contribution in [3.8, 4) is 5.95 Å². The van der Waals surface area contributed by atoms with E-state index in [0.717, 1.165) is 54.3 Å². The van der Waals surface area contributed by atoms with E-state index in [2.05, 4.69) is 20.4 Å². The number of amides is 2. The fourth-order valence-corrected chi connectivity index (χ4v) is 3.82. The fourth-order valence-electron chi connectivity index (χ4n) is 3.82. The first kappa shape index (κ1) is 20.9. The predicted molar refractivity (Wildman–Crippen MR) is 109 cm³/mol. The number of aryl methyl sites for hydroxylation is 3. The summed E-state index contributed by atoms with van der Waals surface area (Å²) in [5.74, 6) is 0.185. The van der Waals surface area contributed by atoms with Gasteiger partial charge in [0.05, 0.1) is 18.7 Å². The Balaban J connectivity index is 1.64. The number of nitrogens with one attached hydrogen (secondary N) is 1. The highest BCUT2D eigenvalue weighted by Gasteiger charge is 2.23. The average molecular weight is 399 g/mol. The summed E-state index contributed by atoms with van der Waals surface area (Å²) in [7, 11) is 0. The number of nitrogens with two attached hydrogens (primary N) is 1. The van der Waals surface area contributed by atoms with Crippen molar-refractivity contribution in [2.45, 2.75) is 53.0 Å². The predicted octanol–water partition coefficient (Wildman–Crippen LogP) is 0.504. The maximum Gasteiger partial charge on any atom is 0.251 e. The molecule has 1 fully saturated rings. The number of primary amides is 1. The van der Waals surface area contributed by atoms with Gasteiger partial charge in [-0.3, -0.25) is 14.5 Å². The Kier molecular flexibility index (Phi) is 6.26. The zero-order valence-electron chi connectivity index (χ0n) is 17.5. The molecule has 2 aromatic heterocycles. The largest absolute Gasteiger partial charge is 0.369 e. The van der Waals surface area contributed by atoms with Crippen molar-refractivity contribution in [1.29, 1.82) is 0 Å². The molecule has 9 heteroatoms. The molecule has 2 aromatic rings. The first-order valence-electron chi connectivity index (χ1n) is 9.90. The highest BCUT2D eigenvalue weighted by atomic mass is 16.2. The van der Waals surface area contributed by atoms with Gasteiger partial charge in [0.2, 0.25) is 11.8 Å². The summed E-state index contributed by atoms with van der Waals surface area (Å²) in [5.41, 5.74) is 9.58. The summed E-state index contributed by atoms with van der Waals surface area (Å²) in [6, 6.07) is 2.03. The lowest BCUT2D eigenvalue weighted by molar-refractivity contribution is -0.122. The number of nitrogens with zero attached hydrogens (tertiary/aromatic N) is 5. The molecule has 0 bridgehead atoms. The summed E-state index contributed by atoms with van der Waals surface area (Å²) in [5, 5.41) is 7.67. The maximum absolute atomic E-state index is 12.6. The van der Waals surface area contributed by atoms with Crippen LogP contribution in [0.1, 0.15) is 41.2 Å². The van der Waals surface area contributed by atoms with Crippen LogP contribution in [0, 0.1) is 27.7 Å². The van der Waals surface area contributed by atoms with Crippen LogP contribution in [0.25, 0.3) is 5.95 Å². The van der Waals surface area contributed by atoms with Crippen LogP contribution in [-0.2, 0) is 16.0 Å². The number of likely N-dealkylation sites (tertiary alicyclic amines) is 1. The maximum atomic E-state index is 12.6. The number of carbonyl (C=O) groups is 2. The Morgan fingerprint density at radius 2 is 1.76 bits per heavy atom. The number of carbonyl (C=O) groups excluding carboxylic acids is 2. The van der Waals surface area contributed by atoms with Gasteiger partial charge in [-0.25, -0.2) is 14.6 Å². The Morgan fingerprint density at radius 3 is 2.34 bits per heavy atom. The summed E-state index contributed by atoms with van der Waals surface area (Å²) < 4.78 is 1.71. The topological polar surface area (TPSA) is 119 Å². The lowest BCUT2D eigenvalue weighted by Crippen LogP contribution is -2.47. The minimum atomic E-state index is -0.316. The molecule has 0 radical (unpaired) electrons. The second-order valence-electron chi connectivity index (χ2n) is 7.77. The molecule has 3 rings (SSSR count). The number of rotatable bonds is 6. The minimum Gasteiger partial charge on any atom is -0.369 e. The molecule has 3 N–H and O–H groups in total. The molecular formula is C20H29N7O2. The van der Waals surface area contributed by atoms with Crippen LogP contribution in [0.5, 0.6) is 0 Å². The van der Waals surface area contributed by atoms with Gasteiger partial charge in [0.15, 0.2) is 0 Å². The molecule has 0 aliphatic carbocycles. The van der Waals surface area contributed by atoms with Gasteiger partial charge in [0.25, 0.3) is 5.95 Å². The van der Waals surface area contributed by atoms with Gasteiger partial charge in [-0.15, -0.1) is 0 Å². The molecule has 1 saturated heterocycles. The van der Waals surface area contributed by atoms with E-state index in [1.165, 1.54) is 0 Å². The highest BCUT2D eigenvalue weighted by molar-refractivity contribution is 5.79. The third kappa shape index (κ3) is 5.17. The standard InChI is InChI=1S/C20H29N7O2/c1-12-9-13(2)23-20(22-12)27-15(4)17(14(3)25-27)10-19(29)24-16-5-7-26(8-6-16)11-18(21)28/h9,16H,5-8,10-11H2,1-4H3,(H2,21,28)(H,24,29). The van der Waals surface area contributed by atoms with Crippen molar-refractivity contribution >= 4 is 11.8 Å². The van der Waals surface area contributed by atoms with Gasteiger partial charge in [0.1, 0.15) is 0 Å². The van der Waals surface area contributed by atoms with Crippen LogP contribution >= 0.6 is 0 Å². The van der Waals surface area contributed by atoms with Gasteiger partial charge >= 0.3 is 0 Å². The van der Waals surface area contributed by atoms with Gasteiger partial charge in [0, 0.05) is 41.8 Å². The van der Waals surface area contributed by atoms with Crippen LogP contribution in [0.15, 0.2) is 6.07 Å². The van der Waals surface area contributed by atoms with Crippen molar-refractivity contribution in [3.63, 3.8) is 0 Å². The summed E-state index contributed by atoms with van der Waals surface area (Å²) in [6.07, 6.45) is 1.89. The van der Waals surface area contributed by atoms with Crippen molar-refractivity contribution in [1.82, 2.24) is 30.0 Å². The number of piperidine rings is 1. The summed E-state index contributed by atoms with van der Waals surface area (Å²) in [6.45, 7) is 9.48. The number of hydrogen-bond acceptors (Lipinski definition) is 6. The minimum absolute atomic E-state index is 0.0227. The van der Waals surface area contributed by atoms with Crippen molar-refractivity contribution in [2.24, 2.45) is 5.73 Å². The van der Waals surface area contributed by atoms with Gasteiger partial charge < -0.3 is 11.1 Å². The number of aromatic nitrogens is 4. The second kappa shape index (κ2) is 8.69. The van der Waals surface area contributed by atoms with E-state index in [9.17, 15) is 9.59 Å². The summed E-state index contributed by atoms with van der Waals surface area (Å²) >= 11 is 0. The molecule has 0 atom stereocenters. The van der Waals surface area contributed by atoms with Crippen molar-refractivity contribution < 1.29 is 9.59 Å². The third-order valence-corrected chi connectivity index (χ3v) is 5.27. The average Bonchev–Trinajstić information content (AvgIpc) is 2.90. The zero-order chi connectivity index (χ0) is 21.1. The monoisotopic (exact) mass is 399 g/mol. The molecule has 0 aromatic carbocycles. The third-order valence-electron chi connectivity index (χ3n) is 5.27. The molecule has 0 unspecified atom stereocenters. The SMILES string of the molecule is Cc1cc(C)nc(-n2nc(C)c(CC(=O)NC3CCN(CC(N)=O)CC3)c2C)n1. The lowest BCUT2D eigenvalue weighted by Gasteiger charge is -2.31. The van der Waals surface area contributed by atoms with Crippen LogP contribution < -0.4 is 11.1 Å². The Hall–Kier alpha value is -2.81. The van der Waals surface area contributed by atoms with Gasteiger partial charge in [-0.1, -0.05) is 0 Å². The molecule has 0 saturated carbocycles. The smallest absolute Gasteiger partial charge is 0.251 e. The molecule has 0 spiro atoms. The van der Waals surface area contributed by atoms with E-state index in [1.54, 1.807) is 4.68 Å². The Labute approximate surface area is 170 Å². The van der Waals surface area contributed by atoms with E-state index in [1.807, 2.05) is 38.7 Å². The zero-order valence-corrected chi connectivity index (χ0v) is 17.5. The molecule has 9 nitrogen and oxygen atoms in total. The molecule has 29 heavy (non-hydrogen) atoms. The van der Waals surface area contributed by atoms with E-state index < -0.39 is 0 Å². The highest BCUT2D eigenvalue weighted by Crippen LogP contribution is 2.18. The molecule has 1 aliphatic rings. The molecular weight excluding hydrogens is 370 g/mol. The second-order valence-corrected chi connectivity index (χ2v) is 7.77. The van der Waals surface area contributed by atoms with Gasteiger partial charge in [-0.2, -0.15) is 5.10 Å². The molecule has 1 aliphatic heterocycles. The lowest BCUT2D eigenvalue weighted by atomic mass is 10.0. The van der Waals surface area contributed by atoms with Crippen LogP contribution in [-0.4, -0.2) is 62.1 Å². The van der Waals surface area contributed by atoms with Crippen molar-refractivity contribution in [2.75, 3.05) is 19.6 Å². The molecule has 3 heterocycles.